The van der Waals surface area contributed by atoms with E-state index in [-0.39, 0.29) is 12.6 Å². The molecule has 2 amide bonds. The van der Waals surface area contributed by atoms with Crippen LogP contribution in [-0.4, -0.2) is 29.9 Å². The van der Waals surface area contributed by atoms with Gasteiger partial charge < -0.3 is 4.90 Å². The SMILES string of the molecule is O=C1CCCN1CN(C(=O)c1c(F)cccc1F)c1ccccc1. The predicted octanol–water partition coefficient (Wildman–Crippen LogP) is 3.19. The predicted molar refractivity (Wildman–Crippen MR) is 85.4 cm³/mol. The lowest BCUT2D eigenvalue weighted by Gasteiger charge is -2.28. The van der Waals surface area contributed by atoms with E-state index < -0.39 is 23.1 Å². The van der Waals surface area contributed by atoms with Crippen LogP contribution in [0.25, 0.3) is 0 Å². The standard InChI is InChI=1S/C18H16F2N2O2/c19-14-8-4-9-15(20)17(14)18(24)22(13-6-2-1-3-7-13)12-21-11-5-10-16(21)23/h1-4,6-9H,5,10-12H2. The second-order valence-electron chi connectivity index (χ2n) is 5.57. The smallest absolute Gasteiger partial charge is 0.265 e. The van der Waals surface area contributed by atoms with Crippen LogP contribution < -0.4 is 4.90 Å². The van der Waals surface area contributed by atoms with Crippen molar-refractivity contribution in [2.75, 3.05) is 18.1 Å². The van der Waals surface area contributed by atoms with Gasteiger partial charge in [0, 0.05) is 18.7 Å². The summed E-state index contributed by atoms with van der Waals surface area (Å²) in [5, 5.41) is 0. The molecule has 0 bridgehead atoms. The maximum Gasteiger partial charge on any atom is 0.265 e. The van der Waals surface area contributed by atoms with Crippen molar-refractivity contribution in [3.05, 3.63) is 65.7 Å². The van der Waals surface area contributed by atoms with Crippen LogP contribution in [-0.2, 0) is 4.79 Å². The molecule has 1 fully saturated rings. The third kappa shape index (κ3) is 3.13. The molecule has 0 saturated carbocycles. The van der Waals surface area contributed by atoms with Crippen molar-refractivity contribution in [1.82, 2.24) is 4.90 Å². The van der Waals surface area contributed by atoms with Crippen molar-refractivity contribution in [2.45, 2.75) is 12.8 Å². The van der Waals surface area contributed by atoms with E-state index in [1.807, 2.05) is 0 Å². The molecule has 2 aromatic rings. The third-order valence-electron chi connectivity index (χ3n) is 3.97. The highest BCUT2D eigenvalue weighted by molar-refractivity contribution is 6.06. The van der Waals surface area contributed by atoms with Gasteiger partial charge in [0.1, 0.15) is 23.9 Å². The van der Waals surface area contributed by atoms with Gasteiger partial charge >= 0.3 is 0 Å². The van der Waals surface area contributed by atoms with E-state index in [0.717, 1.165) is 12.1 Å². The molecule has 2 aromatic carbocycles. The Morgan fingerprint density at radius 2 is 1.71 bits per heavy atom. The molecule has 1 saturated heterocycles. The fourth-order valence-corrected chi connectivity index (χ4v) is 2.73. The Labute approximate surface area is 138 Å². The van der Waals surface area contributed by atoms with Crippen LogP contribution in [0.1, 0.15) is 23.2 Å². The van der Waals surface area contributed by atoms with Gasteiger partial charge in [0.25, 0.3) is 5.91 Å². The zero-order valence-corrected chi connectivity index (χ0v) is 12.9. The quantitative estimate of drug-likeness (QED) is 0.864. The van der Waals surface area contributed by atoms with Gasteiger partial charge in [0.15, 0.2) is 0 Å². The van der Waals surface area contributed by atoms with Crippen LogP contribution in [0.3, 0.4) is 0 Å². The van der Waals surface area contributed by atoms with Gasteiger partial charge in [0.2, 0.25) is 5.91 Å². The van der Waals surface area contributed by atoms with E-state index in [2.05, 4.69) is 0 Å². The molecule has 0 unspecified atom stereocenters. The van der Waals surface area contributed by atoms with Gasteiger partial charge in [-0.15, -0.1) is 0 Å². The minimum absolute atomic E-state index is 0.0323. The molecular weight excluding hydrogens is 314 g/mol. The van der Waals surface area contributed by atoms with Gasteiger partial charge in [-0.2, -0.15) is 0 Å². The first-order valence-corrected chi connectivity index (χ1v) is 7.66. The second kappa shape index (κ2) is 6.78. The molecule has 4 nitrogen and oxygen atoms in total. The van der Waals surface area contributed by atoms with Crippen molar-refractivity contribution >= 4 is 17.5 Å². The molecule has 24 heavy (non-hydrogen) atoms. The summed E-state index contributed by atoms with van der Waals surface area (Å²) in [5.74, 6) is -2.73. The summed E-state index contributed by atoms with van der Waals surface area (Å²) < 4.78 is 28.0. The van der Waals surface area contributed by atoms with Gasteiger partial charge in [-0.25, -0.2) is 8.78 Å². The topological polar surface area (TPSA) is 40.6 Å². The molecule has 0 radical (unpaired) electrons. The number of nitrogens with zero attached hydrogens (tertiary/aromatic N) is 2. The zero-order chi connectivity index (χ0) is 17.1. The third-order valence-corrected chi connectivity index (χ3v) is 3.97. The van der Waals surface area contributed by atoms with Crippen LogP contribution in [0.4, 0.5) is 14.5 Å². The molecule has 0 spiro atoms. The molecule has 124 valence electrons. The summed E-state index contributed by atoms with van der Waals surface area (Å²) >= 11 is 0. The van der Waals surface area contributed by atoms with Gasteiger partial charge in [-0.3, -0.25) is 14.5 Å². The number of carbonyl (C=O) groups excluding carboxylic acids is 2. The number of amides is 2. The Morgan fingerprint density at radius 1 is 1.04 bits per heavy atom. The maximum atomic E-state index is 14.0. The number of para-hydroxylation sites is 1. The number of rotatable bonds is 4. The maximum absolute atomic E-state index is 14.0. The number of benzene rings is 2. The fourth-order valence-electron chi connectivity index (χ4n) is 2.73. The van der Waals surface area contributed by atoms with Gasteiger partial charge in [-0.05, 0) is 30.7 Å². The Balaban J connectivity index is 1.98. The molecule has 3 rings (SSSR count). The Morgan fingerprint density at radius 3 is 2.29 bits per heavy atom. The van der Waals surface area contributed by atoms with E-state index in [1.54, 1.807) is 30.3 Å². The van der Waals surface area contributed by atoms with Crippen molar-refractivity contribution in [2.24, 2.45) is 0 Å². The van der Waals surface area contributed by atoms with Crippen LogP contribution in [0.5, 0.6) is 0 Å². The molecule has 1 heterocycles. The summed E-state index contributed by atoms with van der Waals surface area (Å²) in [7, 11) is 0. The summed E-state index contributed by atoms with van der Waals surface area (Å²) in [6, 6.07) is 11.8. The van der Waals surface area contributed by atoms with Crippen molar-refractivity contribution in [3.63, 3.8) is 0 Å². The lowest BCUT2D eigenvalue weighted by atomic mass is 10.1. The number of likely N-dealkylation sites (tertiary alicyclic amines) is 1. The highest BCUT2D eigenvalue weighted by Gasteiger charge is 2.29. The van der Waals surface area contributed by atoms with E-state index in [4.69, 9.17) is 0 Å². The largest absolute Gasteiger partial charge is 0.324 e. The van der Waals surface area contributed by atoms with Crippen molar-refractivity contribution in [3.8, 4) is 0 Å². The first-order valence-electron chi connectivity index (χ1n) is 7.66. The summed E-state index contributed by atoms with van der Waals surface area (Å²) in [4.78, 5) is 27.4. The van der Waals surface area contributed by atoms with Crippen molar-refractivity contribution < 1.29 is 18.4 Å². The van der Waals surface area contributed by atoms with Gasteiger partial charge in [0.05, 0.1) is 0 Å². The number of hydrogen-bond acceptors (Lipinski definition) is 2. The fraction of sp³-hybridized carbons (Fsp3) is 0.222. The highest BCUT2D eigenvalue weighted by Crippen LogP contribution is 2.22. The van der Waals surface area contributed by atoms with Crippen LogP contribution >= 0.6 is 0 Å². The second-order valence-corrected chi connectivity index (χ2v) is 5.57. The first kappa shape index (κ1) is 16.1. The molecule has 0 aromatic heterocycles. The minimum atomic E-state index is -0.923. The molecule has 0 atom stereocenters. The average molecular weight is 330 g/mol. The van der Waals surface area contributed by atoms with Crippen LogP contribution in [0, 0.1) is 11.6 Å². The van der Waals surface area contributed by atoms with E-state index in [0.29, 0.717) is 25.1 Å². The summed E-state index contributed by atoms with van der Waals surface area (Å²) in [6.45, 7) is 0.491. The molecule has 6 heteroatoms. The molecular formula is C18H16F2N2O2. The summed E-state index contributed by atoms with van der Waals surface area (Å²) in [6.07, 6.45) is 1.13. The first-order chi connectivity index (χ1) is 11.6. The normalized spacial score (nSPS) is 14.1. The zero-order valence-electron chi connectivity index (χ0n) is 12.9. The van der Waals surface area contributed by atoms with Crippen molar-refractivity contribution in [1.29, 1.82) is 0 Å². The molecule has 1 aliphatic rings. The number of carbonyl (C=O) groups is 2. The molecule has 0 aliphatic carbocycles. The number of halogens is 2. The minimum Gasteiger partial charge on any atom is -0.324 e. The summed E-state index contributed by atoms with van der Waals surface area (Å²) in [5.41, 5.74) is -0.141. The van der Waals surface area contributed by atoms with E-state index in [9.17, 15) is 18.4 Å². The molecule has 1 aliphatic heterocycles. The molecule has 0 N–H and O–H groups in total. The lowest BCUT2D eigenvalue weighted by molar-refractivity contribution is -0.127. The van der Waals surface area contributed by atoms with Gasteiger partial charge in [-0.1, -0.05) is 24.3 Å². The Bertz CT molecular complexity index is 745. The lowest BCUT2D eigenvalue weighted by Crippen LogP contribution is -2.42. The number of hydrogen-bond donors (Lipinski definition) is 0. The van der Waals surface area contributed by atoms with E-state index in [1.165, 1.54) is 15.9 Å². The highest BCUT2D eigenvalue weighted by atomic mass is 19.1. The average Bonchev–Trinajstić information content (AvgIpc) is 2.98. The van der Waals surface area contributed by atoms with Crippen LogP contribution in [0.15, 0.2) is 48.5 Å². The number of anilines is 1. The monoisotopic (exact) mass is 330 g/mol. The Hall–Kier alpha value is -2.76. The Kier molecular flexibility index (Phi) is 4.55. The van der Waals surface area contributed by atoms with E-state index >= 15 is 0 Å². The van der Waals surface area contributed by atoms with Crippen LogP contribution in [0.2, 0.25) is 0 Å².